The van der Waals surface area contributed by atoms with Crippen molar-refractivity contribution in [2.75, 3.05) is 65.7 Å². The number of likely N-dealkylation sites (tertiary alicyclic amines) is 1. The quantitative estimate of drug-likeness (QED) is 0.186. The molecular formula is C29H45N3O7. The Morgan fingerprint density at radius 2 is 1.95 bits per heavy atom. The number of morpholine rings is 1. The maximum absolute atomic E-state index is 14.4. The number of carbonyl (C=O) groups excluding carboxylic acids is 3. The summed E-state index contributed by atoms with van der Waals surface area (Å²) >= 11 is 0. The highest BCUT2D eigenvalue weighted by Gasteiger charge is 2.79. The molecule has 10 heteroatoms. The first kappa shape index (κ1) is 29.7. The van der Waals surface area contributed by atoms with Crippen molar-refractivity contribution in [1.29, 1.82) is 0 Å². The Morgan fingerprint density at radius 1 is 1.18 bits per heavy atom. The van der Waals surface area contributed by atoms with Crippen LogP contribution in [0.25, 0.3) is 0 Å². The summed E-state index contributed by atoms with van der Waals surface area (Å²) in [6.07, 6.45) is 6.67. The molecule has 39 heavy (non-hydrogen) atoms. The molecule has 10 nitrogen and oxygen atoms in total. The molecule has 5 atom stereocenters. The minimum atomic E-state index is -1.08. The Hall–Kier alpha value is -2.27. The van der Waals surface area contributed by atoms with Crippen LogP contribution in [0.1, 0.15) is 45.4 Å². The Labute approximate surface area is 231 Å². The van der Waals surface area contributed by atoms with E-state index >= 15 is 0 Å². The first-order chi connectivity index (χ1) is 18.9. The first-order valence-corrected chi connectivity index (χ1v) is 14.5. The monoisotopic (exact) mass is 547 g/mol. The van der Waals surface area contributed by atoms with Crippen molar-refractivity contribution in [3.8, 4) is 0 Å². The van der Waals surface area contributed by atoms with Gasteiger partial charge in [0.15, 0.2) is 0 Å². The van der Waals surface area contributed by atoms with Crippen LogP contribution in [0.5, 0.6) is 0 Å². The fourth-order valence-electron chi connectivity index (χ4n) is 7.03. The first-order valence-electron chi connectivity index (χ1n) is 14.5. The number of hydrogen-bond acceptors (Lipinski definition) is 8. The van der Waals surface area contributed by atoms with Gasteiger partial charge in [-0.15, -0.1) is 13.2 Å². The molecule has 4 fully saturated rings. The normalized spacial score (nSPS) is 31.8. The minimum Gasteiger partial charge on any atom is -0.465 e. The van der Waals surface area contributed by atoms with E-state index in [0.29, 0.717) is 77.9 Å². The van der Waals surface area contributed by atoms with E-state index in [1.165, 1.54) is 0 Å². The van der Waals surface area contributed by atoms with Gasteiger partial charge in [0.2, 0.25) is 11.8 Å². The Kier molecular flexibility index (Phi) is 9.85. The van der Waals surface area contributed by atoms with Crippen molar-refractivity contribution in [2.24, 2.45) is 11.8 Å². The molecule has 4 aliphatic heterocycles. The second-order valence-electron chi connectivity index (χ2n) is 11.1. The van der Waals surface area contributed by atoms with Crippen LogP contribution in [-0.2, 0) is 28.6 Å². The van der Waals surface area contributed by atoms with Gasteiger partial charge in [-0.05, 0) is 38.5 Å². The van der Waals surface area contributed by atoms with E-state index in [9.17, 15) is 19.5 Å². The van der Waals surface area contributed by atoms with Gasteiger partial charge in [-0.25, -0.2) is 0 Å². The van der Waals surface area contributed by atoms with Crippen LogP contribution in [0.2, 0.25) is 0 Å². The molecule has 2 bridgehead atoms. The second-order valence-corrected chi connectivity index (χ2v) is 11.1. The van der Waals surface area contributed by atoms with Gasteiger partial charge >= 0.3 is 5.97 Å². The number of rotatable bonds is 15. The lowest BCUT2D eigenvalue weighted by molar-refractivity contribution is -0.162. The third-order valence-corrected chi connectivity index (χ3v) is 8.99. The van der Waals surface area contributed by atoms with Gasteiger partial charge in [0.05, 0.1) is 31.3 Å². The Balaban J connectivity index is 1.64. The van der Waals surface area contributed by atoms with Crippen LogP contribution in [-0.4, -0.2) is 121 Å². The standard InChI is InChI=1S/C29H45N3O7/c1-4-7-19-38-27(36)23-22-25(34)32(13-8-9-18-33)24(29(22)11-10-28(23,6-3)39-29)26(35)31(12-5-2)15-14-30-16-20-37-21-17-30/h4-5,22-24,33H,1-2,6-21H2,3H3/t22-,23-,24?,28+,29?/m0/s1. The zero-order chi connectivity index (χ0) is 28.0. The van der Waals surface area contributed by atoms with Gasteiger partial charge in [0, 0.05) is 45.9 Å². The minimum absolute atomic E-state index is 0.00501. The van der Waals surface area contributed by atoms with E-state index in [0.717, 1.165) is 13.1 Å². The molecule has 4 aliphatic rings. The topological polar surface area (TPSA) is 109 Å². The lowest BCUT2D eigenvalue weighted by atomic mass is 9.65. The van der Waals surface area contributed by atoms with Gasteiger partial charge in [0.1, 0.15) is 17.6 Å². The maximum atomic E-state index is 14.4. The van der Waals surface area contributed by atoms with Gasteiger partial charge in [-0.2, -0.15) is 0 Å². The summed E-state index contributed by atoms with van der Waals surface area (Å²) in [4.78, 5) is 47.6. The average molecular weight is 548 g/mol. The number of aliphatic hydroxyl groups is 1. The number of nitrogens with zero attached hydrogens (tertiary/aromatic N) is 3. The second kappa shape index (κ2) is 12.9. The van der Waals surface area contributed by atoms with Crippen molar-refractivity contribution >= 4 is 17.8 Å². The van der Waals surface area contributed by atoms with E-state index in [1.807, 2.05) is 6.92 Å². The van der Waals surface area contributed by atoms with Crippen LogP contribution in [0.4, 0.5) is 0 Å². The molecular weight excluding hydrogens is 502 g/mol. The molecule has 4 rings (SSSR count). The third-order valence-electron chi connectivity index (χ3n) is 8.99. The van der Waals surface area contributed by atoms with Crippen molar-refractivity contribution in [3.05, 3.63) is 25.3 Å². The van der Waals surface area contributed by atoms with Crippen molar-refractivity contribution in [1.82, 2.24) is 14.7 Å². The molecule has 0 aliphatic carbocycles. The smallest absolute Gasteiger partial charge is 0.312 e. The van der Waals surface area contributed by atoms with E-state index < -0.39 is 35.0 Å². The van der Waals surface area contributed by atoms with E-state index in [-0.39, 0.29) is 25.0 Å². The molecule has 2 amide bonds. The molecule has 0 saturated carbocycles. The van der Waals surface area contributed by atoms with Crippen LogP contribution in [0, 0.1) is 11.8 Å². The molecule has 0 radical (unpaired) electrons. The average Bonchev–Trinajstić information content (AvgIpc) is 3.55. The molecule has 2 unspecified atom stereocenters. The zero-order valence-corrected chi connectivity index (χ0v) is 23.4. The summed E-state index contributed by atoms with van der Waals surface area (Å²) in [5, 5.41) is 9.39. The number of carbonyl (C=O) groups is 3. The Morgan fingerprint density at radius 3 is 2.62 bits per heavy atom. The molecule has 4 saturated heterocycles. The fraction of sp³-hybridized carbons (Fsp3) is 0.759. The summed E-state index contributed by atoms with van der Waals surface area (Å²) in [6, 6.07) is -0.835. The van der Waals surface area contributed by atoms with E-state index in [2.05, 4.69) is 18.1 Å². The molecule has 0 aromatic heterocycles. The summed E-state index contributed by atoms with van der Waals surface area (Å²) in [5.74, 6) is -2.35. The molecule has 218 valence electrons. The number of fused-ring (bicyclic) bond motifs is 1. The lowest BCUT2D eigenvalue weighted by Crippen LogP contribution is -2.57. The molecule has 1 spiro atoms. The predicted octanol–water partition coefficient (Wildman–Crippen LogP) is 1.38. The van der Waals surface area contributed by atoms with Crippen LogP contribution in [0.3, 0.4) is 0 Å². The predicted molar refractivity (Wildman–Crippen MR) is 145 cm³/mol. The summed E-state index contributed by atoms with van der Waals surface area (Å²) in [7, 11) is 0. The van der Waals surface area contributed by atoms with Crippen molar-refractivity contribution in [2.45, 2.75) is 62.7 Å². The number of hydrogen-bond donors (Lipinski definition) is 1. The lowest BCUT2D eigenvalue weighted by Gasteiger charge is -2.37. The third kappa shape index (κ3) is 5.53. The number of ether oxygens (including phenoxy) is 3. The zero-order valence-electron chi connectivity index (χ0n) is 23.4. The number of aliphatic hydroxyl groups excluding tert-OH is 1. The van der Waals surface area contributed by atoms with E-state index in [4.69, 9.17) is 14.2 Å². The largest absolute Gasteiger partial charge is 0.465 e. The molecule has 4 heterocycles. The van der Waals surface area contributed by atoms with Gasteiger partial charge < -0.3 is 29.1 Å². The molecule has 0 aromatic carbocycles. The summed E-state index contributed by atoms with van der Waals surface area (Å²) in [6.45, 7) is 14.6. The highest BCUT2D eigenvalue weighted by atomic mass is 16.6. The van der Waals surface area contributed by atoms with Crippen molar-refractivity contribution in [3.63, 3.8) is 0 Å². The summed E-state index contributed by atoms with van der Waals surface area (Å²) in [5.41, 5.74) is -1.90. The number of unbranched alkanes of at least 4 members (excludes halogenated alkanes) is 1. The van der Waals surface area contributed by atoms with E-state index in [1.54, 1.807) is 22.0 Å². The van der Waals surface area contributed by atoms with Gasteiger partial charge in [-0.3, -0.25) is 19.3 Å². The van der Waals surface area contributed by atoms with Gasteiger partial charge in [0.25, 0.3) is 0 Å². The highest BCUT2D eigenvalue weighted by Crippen LogP contribution is 2.64. The van der Waals surface area contributed by atoms with Gasteiger partial charge in [-0.1, -0.05) is 19.1 Å². The molecule has 0 aromatic rings. The number of esters is 1. The maximum Gasteiger partial charge on any atom is 0.312 e. The van der Waals surface area contributed by atoms with Crippen LogP contribution in [0.15, 0.2) is 25.3 Å². The van der Waals surface area contributed by atoms with Crippen LogP contribution >= 0.6 is 0 Å². The SMILES string of the molecule is C=CCCOC(=O)[C@@H]1[C@H]2C(=O)N(CCCCO)C(C(=O)N(CC=C)CCN3CCOCC3)C23CC[C@@]1(CC)O3. The van der Waals surface area contributed by atoms with Crippen molar-refractivity contribution < 1.29 is 33.7 Å². The highest BCUT2D eigenvalue weighted by molar-refractivity contribution is 5.98. The number of amides is 2. The Bertz CT molecular complexity index is 923. The van der Waals surface area contributed by atoms with Crippen LogP contribution < -0.4 is 0 Å². The fourth-order valence-corrected chi connectivity index (χ4v) is 7.03. The summed E-state index contributed by atoms with van der Waals surface area (Å²) < 4.78 is 17.8. The molecule has 1 N–H and O–H groups in total.